The Balaban J connectivity index is 2.23. The third-order valence-electron chi connectivity index (χ3n) is 3.26. The van der Waals surface area contributed by atoms with Gasteiger partial charge in [0.1, 0.15) is 0 Å². The molecule has 0 bridgehead atoms. The van der Waals surface area contributed by atoms with Gasteiger partial charge >= 0.3 is 5.97 Å². The standard InChI is InChI=1S/C16H16N2O3/c1-10-13(16(20)21)3-2-4-14(10)18-15(19)12-7-5-11(9-17)6-8-12/h2-8H,9,17H2,1H3,(H,18,19)(H,20,21). The molecule has 1 amide bonds. The summed E-state index contributed by atoms with van der Waals surface area (Å²) in [6, 6.07) is 11.7. The second-order valence-electron chi connectivity index (χ2n) is 4.64. The Morgan fingerprint density at radius 2 is 1.81 bits per heavy atom. The molecule has 2 rings (SSSR count). The number of carbonyl (C=O) groups excluding carboxylic acids is 1. The van der Waals surface area contributed by atoms with Crippen LogP contribution in [0.3, 0.4) is 0 Å². The zero-order chi connectivity index (χ0) is 15.4. The third kappa shape index (κ3) is 3.27. The van der Waals surface area contributed by atoms with Crippen molar-refractivity contribution in [3.05, 3.63) is 64.7 Å². The fourth-order valence-electron chi connectivity index (χ4n) is 1.99. The number of anilines is 1. The average molecular weight is 284 g/mol. The summed E-state index contributed by atoms with van der Waals surface area (Å²) in [6.07, 6.45) is 0. The maximum Gasteiger partial charge on any atom is 0.336 e. The molecule has 5 nitrogen and oxygen atoms in total. The van der Waals surface area contributed by atoms with Crippen LogP contribution in [0.4, 0.5) is 5.69 Å². The first kappa shape index (κ1) is 14.7. The van der Waals surface area contributed by atoms with Crippen molar-refractivity contribution in [3.63, 3.8) is 0 Å². The Hall–Kier alpha value is -2.66. The van der Waals surface area contributed by atoms with Gasteiger partial charge < -0.3 is 16.2 Å². The van der Waals surface area contributed by atoms with Gasteiger partial charge in [-0.3, -0.25) is 4.79 Å². The summed E-state index contributed by atoms with van der Waals surface area (Å²) in [7, 11) is 0. The van der Waals surface area contributed by atoms with Gasteiger partial charge in [0.05, 0.1) is 5.56 Å². The highest BCUT2D eigenvalue weighted by atomic mass is 16.4. The molecule has 0 aliphatic heterocycles. The molecule has 0 saturated heterocycles. The van der Waals surface area contributed by atoms with Crippen molar-refractivity contribution < 1.29 is 14.7 Å². The van der Waals surface area contributed by atoms with Crippen molar-refractivity contribution in [3.8, 4) is 0 Å². The molecule has 0 aliphatic carbocycles. The molecule has 108 valence electrons. The second-order valence-corrected chi connectivity index (χ2v) is 4.64. The predicted molar refractivity (Wildman–Crippen MR) is 80.4 cm³/mol. The van der Waals surface area contributed by atoms with E-state index >= 15 is 0 Å². The van der Waals surface area contributed by atoms with Crippen LogP contribution >= 0.6 is 0 Å². The van der Waals surface area contributed by atoms with E-state index in [9.17, 15) is 9.59 Å². The zero-order valence-electron chi connectivity index (χ0n) is 11.6. The smallest absolute Gasteiger partial charge is 0.336 e. The summed E-state index contributed by atoms with van der Waals surface area (Å²) in [4.78, 5) is 23.2. The highest BCUT2D eigenvalue weighted by Gasteiger charge is 2.12. The van der Waals surface area contributed by atoms with Gasteiger partial charge in [0, 0.05) is 17.8 Å². The molecule has 0 fully saturated rings. The molecule has 0 aliphatic rings. The number of nitrogens with one attached hydrogen (secondary N) is 1. The minimum Gasteiger partial charge on any atom is -0.478 e. The van der Waals surface area contributed by atoms with E-state index in [-0.39, 0.29) is 11.5 Å². The second kappa shape index (κ2) is 6.19. The lowest BCUT2D eigenvalue weighted by atomic mass is 10.1. The first-order chi connectivity index (χ1) is 10.0. The van der Waals surface area contributed by atoms with Crippen molar-refractivity contribution in [2.45, 2.75) is 13.5 Å². The summed E-state index contributed by atoms with van der Waals surface area (Å²) in [5.74, 6) is -1.31. The fraction of sp³-hybridized carbons (Fsp3) is 0.125. The van der Waals surface area contributed by atoms with Crippen molar-refractivity contribution >= 4 is 17.6 Å². The highest BCUT2D eigenvalue weighted by Crippen LogP contribution is 2.20. The van der Waals surface area contributed by atoms with Crippen LogP contribution in [0.1, 0.15) is 31.8 Å². The molecule has 0 radical (unpaired) electrons. The van der Waals surface area contributed by atoms with Gasteiger partial charge in [-0.2, -0.15) is 0 Å². The lowest BCUT2D eigenvalue weighted by molar-refractivity contribution is 0.0695. The number of nitrogens with two attached hydrogens (primary N) is 1. The van der Waals surface area contributed by atoms with Crippen molar-refractivity contribution in [2.75, 3.05) is 5.32 Å². The van der Waals surface area contributed by atoms with Crippen molar-refractivity contribution in [2.24, 2.45) is 5.73 Å². The van der Waals surface area contributed by atoms with E-state index in [2.05, 4.69) is 5.32 Å². The first-order valence-corrected chi connectivity index (χ1v) is 6.46. The number of aromatic carboxylic acids is 1. The molecular weight excluding hydrogens is 268 g/mol. The van der Waals surface area contributed by atoms with Gasteiger partial charge in [-0.1, -0.05) is 18.2 Å². The monoisotopic (exact) mass is 284 g/mol. The maximum absolute atomic E-state index is 12.2. The summed E-state index contributed by atoms with van der Waals surface area (Å²) < 4.78 is 0. The maximum atomic E-state index is 12.2. The summed E-state index contributed by atoms with van der Waals surface area (Å²) in [5.41, 5.74) is 8.13. The quantitative estimate of drug-likeness (QED) is 0.803. The normalized spacial score (nSPS) is 10.2. The zero-order valence-corrected chi connectivity index (χ0v) is 11.6. The Kier molecular flexibility index (Phi) is 4.35. The largest absolute Gasteiger partial charge is 0.478 e. The van der Waals surface area contributed by atoms with Crippen molar-refractivity contribution in [1.82, 2.24) is 0 Å². The minimum atomic E-state index is -1.02. The van der Waals surface area contributed by atoms with Crippen molar-refractivity contribution in [1.29, 1.82) is 0 Å². The molecule has 2 aromatic rings. The Morgan fingerprint density at radius 3 is 2.38 bits per heavy atom. The SMILES string of the molecule is Cc1c(NC(=O)c2ccc(CN)cc2)cccc1C(=O)O. The van der Waals surface area contributed by atoms with Gasteiger partial charge in [-0.25, -0.2) is 4.79 Å². The van der Waals surface area contributed by atoms with Crippen LogP contribution in [0.2, 0.25) is 0 Å². The Morgan fingerprint density at radius 1 is 1.14 bits per heavy atom. The van der Waals surface area contributed by atoms with Crippen LogP contribution in [0, 0.1) is 6.92 Å². The molecule has 0 atom stereocenters. The van der Waals surface area contributed by atoms with Crippen LogP contribution in [-0.2, 0) is 6.54 Å². The summed E-state index contributed by atoms with van der Waals surface area (Å²) in [5, 5.41) is 11.8. The van der Waals surface area contributed by atoms with Gasteiger partial charge in [0.2, 0.25) is 0 Å². The summed E-state index contributed by atoms with van der Waals surface area (Å²) in [6.45, 7) is 2.08. The molecule has 0 heterocycles. The lowest BCUT2D eigenvalue weighted by Crippen LogP contribution is -2.14. The number of carboxylic acid groups (broad SMARTS) is 1. The molecular formula is C16H16N2O3. The molecule has 0 saturated carbocycles. The lowest BCUT2D eigenvalue weighted by Gasteiger charge is -2.10. The fourth-order valence-corrected chi connectivity index (χ4v) is 1.99. The van der Waals surface area contributed by atoms with Gasteiger partial charge in [0.25, 0.3) is 5.91 Å². The number of carboxylic acids is 1. The van der Waals surface area contributed by atoms with Crippen LogP contribution in [0.5, 0.6) is 0 Å². The number of amides is 1. The summed E-state index contributed by atoms with van der Waals surface area (Å²) >= 11 is 0. The number of benzene rings is 2. The topological polar surface area (TPSA) is 92.4 Å². The highest BCUT2D eigenvalue weighted by molar-refractivity contribution is 6.05. The molecule has 4 N–H and O–H groups in total. The minimum absolute atomic E-state index is 0.172. The number of hydrogen-bond acceptors (Lipinski definition) is 3. The van der Waals surface area contributed by atoms with E-state index in [1.807, 2.05) is 0 Å². The molecule has 0 spiro atoms. The van der Waals surface area contributed by atoms with Gasteiger partial charge in [-0.15, -0.1) is 0 Å². The molecule has 0 unspecified atom stereocenters. The van der Waals surface area contributed by atoms with Crippen LogP contribution in [0.25, 0.3) is 0 Å². The molecule has 5 heteroatoms. The van der Waals surface area contributed by atoms with E-state index in [1.165, 1.54) is 6.07 Å². The Labute approximate surface area is 122 Å². The Bertz CT molecular complexity index is 678. The number of rotatable bonds is 4. The number of carbonyl (C=O) groups is 2. The van der Waals surface area contributed by atoms with E-state index < -0.39 is 5.97 Å². The molecule has 21 heavy (non-hydrogen) atoms. The van der Waals surface area contributed by atoms with Gasteiger partial charge in [0.15, 0.2) is 0 Å². The van der Waals surface area contributed by atoms with E-state index in [0.717, 1.165) is 5.56 Å². The van der Waals surface area contributed by atoms with Crippen LogP contribution in [-0.4, -0.2) is 17.0 Å². The van der Waals surface area contributed by atoms with Crippen LogP contribution < -0.4 is 11.1 Å². The van der Waals surface area contributed by atoms with Crippen LogP contribution in [0.15, 0.2) is 42.5 Å². The average Bonchev–Trinajstić information content (AvgIpc) is 2.49. The first-order valence-electron chi connectivity index (χ1n) is 6.46. The van der Waals surface area contributed by atoms with E-state index in [4.69, 9.17) is 10.8 Å². The number of hydrogen-bond donors (Lipinski definition) is 3. The van der Waals surface area contributed by atoms with E-state index in [0.29, 0.717) is 23.4 Å². The third-order valence-corrected chi connectivity index (χ3v) is 3.26. The molecule has 0 aromatic heterocycles. The van der Waals surface area contributed by atoms with Gasteiger partial charge in [-0.05, 0) is 42.3 Å². The molecule has 2 aromatic carbocycles. The predicted octanol–water partition coefficient (Wildman–Crippen LogP) is 2.40. The van der Waals surface area contributed by atoms with E-state index in [1.54, 1.807) is 43.3 Å².